The molecule has 0 radical (unpaired) electrons. The predicted octanol–water partition coefficient (Wildman–Crippen LogP) is 2.61. The number of halogens is 3. The monoisotopic (exact) mass is 240 g/mol. The van der Waals surface area contributed by atoms with Gasteiger partial charge in [0.2, 0.25) is 0 Å². The molecule has 0 spiro atoms. The molecule has 0 fully saturated rings. The fourth-order valence-electron chi connectivity index (χ4n) is 0.897. The van der Waals surface area contributed by atoms with Crippen molar-refractivity contribution in [3.8, 4) is 0 Å². The fraction of sp³-hybridized carbons (Fsp3) is 0.625. The summed E-state index contributed by atoms with van der Waals surface area (Å²) in [6.45, 7) is 1.13. The van der Waals surface area contributed by atoms with Gasteiger partial charge in [-0.2, -0.15) is 13.2 Å². The molecular formula is C8H11F3N2OS. The van der Waals surface area contributed by atoms with Crippen LogP contribution in [0.15, 0.2) is 5.38 Å². The number of methoxy groups -OCH3 is 1. The fourth-order valence-corrected chi connectivity index (χ4v) is 1.64. The van der Waals surface area contributed by atoms with E-state index in [0.717, 1.165) is 23.1 Å². The van der Waals surface area contributed by atoms with Gasteiger partial charge in [-0.25, -0.2) is 4.98 Å². The third-order valence-electron chi connectivity index (χ3n) is 1.60. The average molecular weight is 240 g/mol. The van der Waals surface area contributed by atoms with Crippen LogP contribution in [-0.2, 0) is 10.9 Å². The van der Waals surface area contributed by atoms with E-state index >= 15 is 0 Å². The van der Waals surface area contributed by atoms with E-state index < -0.39 is 11.9 Å². The van der Waals surface area contributed by atoms with Gasteiger partial charge in [-0.15, -0.1) is 11.3 Å². The SMILES string of the molecule is COCCCNc1nc(C(F)(F)F)cs1. The van der Waals surface area contributed by atoms with Gasteiger partial charge in [-0.3, -0.25) is 0 Å². The summed E-state index contributed by atoms with van der Waals surface area (Å²) in [6.07, 6.45) is -3.62. The number of hydrogen-bond donors (Lipinski definition) is 1. The molecule has 1 N–H and O–H groups in total. The van der Waals surface area contributed by atoms with E-state index in [1.165, 1.54) is 0 Å². The summed E-state index contributed by atoms with van der Waals surface area (Å²) in [5.74, 6) is 0. The van der Waals surface area contributed by atoms with E-state index in [9.17, 15) is 13.2 Å². The molecule has 0 saturated heterocycles. The summed E-state index contributed by atoms with van der Waals surface area (Å²) in [5.41, 5.74) is -0.846. The molecular weight excluding hydrogens is 229 g/mol. The lowest BCUT2D eigenvalue weighted by Gasteiger charge is -2.02. The maximum Gasteiger partial charge on any atom is 0.434 e. The largest absolute Gasteiger partial charge is 0.434 e. The minimum absolute atomic E-state index is 0.290. The molecule has 15 heavy (non-hydrogen) atoms. The Morgan fingerprint density at radius 2 is 2.27 bits per heavy atom. The molecule has 1 aromatic rings. The first-order chi connectivity index (χ1) is 7.04. The standard InChI is InChI=1S/C8H11F3N2OS/c1-14-4-2-3-12-7-13-6(5-15-7)8(9,10)11/h5H,2-4H2,1H3,(H,12,13). The summed E-state index contributed by atoms with van der Waals surface area (Å²) < 4.78 is 41.2. The van der Waals surface area contributed by atoms with E-state index in [4.69, 9.17) is 4.74 Å². The van der Waals surface area contributed by atoms with Gasteiger partial charge in [0.1, 0.15) is 0 Å². The number of thiazole rings is 1. The number of ether oxygens (including phenoxy) is 1. The van der Waals surface area contributed by atoms with Crippen molar-refractivity contribution in [3.63, 3.8) is 0 Å². The summed E-state index contributed by atoms with van der Waals surface area (Å²) in [6, 6.07) is 0. The highest BCUT2D eigenvalue weighted by Crippen LogP contribution is 2.31. The molecule has 1 aromatic heterocycles. The highest BCUT2D eigenvalue weighted by Gasteiger charge is 2.33. The van der Waals surface area contributed by atoms with Crippen LogP contribution in [0.25, 0.3) is 0 Å². The lowest BCUT2D eigenvalue weighted by atomic mass is 10.4. The Bertz CT molecular complexity index is 300. The Balaban J connectivity index is 2.40. The topological polar surface area (TPSA) is 34.1 Å². The predicted molar refractivity (Wildman–Crippen MR) is 52.1 cm³/mol. The van der Waals surface area contributed by atoms with Gasteiger partial charge in [0.15, 0.2) is 10.8 Å². The van der Waals surface area contributed by atoms with Crippen LogP contribution < -0.4 is 5.32 Å². The van der Waals surface area contributed by atoms with Crippen molar-refractivity contribution < 1.29 is 17.9 Å². The number of nitrogens with zero attached hydrogens (tertiary/aromatic N) is 1. The summed E-state index contributed by atoms with van der Waals surface area (Å²) in [5, 5.41) is 4.09. The van der Waals surface area contributed by atoms with Gasteiger partial charge in [-0.1, -0.05) is 0 Å². The van der Waals surface area contributed by atoms with Gasteiger partial charge in [0.25, 0.3) is 0 Å². The van der Waals surface area contributed by atoms with Crippen LogP contribution >= 0.6 is 11.3 Å². The van der Waals surface area contributed by atoms with Crippen molar-refractivity contribution in [1.82, 2.24) is 4.98 Å². The molecule has 0 aromatic carbocycles. The molecule has 86 valence electrons. The van der Waals surface area contributed by atoms with Crippen LogP contribution in [0, 0.1) is 0 Å². The first kappa shape index (κ1) is 12.3. The molecule has 1 heterocycles. The van der Waals surface area contributed by atoms with Crippen LogP contribution in [-0.4, -0.2) is 25.2 Å². The van der Waals surface area contributed by atoms with Crippen molar-refractivity contribution >= 4 is 16.5 Å². The number of hydrogen-bond acceptors (Lipinski definition) is 4. The molecule has 0 bridgehead atoms. The molecule has 0 atom stereocenters. The molecule has 1 rings (SSSR count). The molecule has 0 aliphatic heterocycles. The van der Waals surface area contributed by atoms with Crippen molar-refractivity contribution in [3.05, 3.63) is 11.1 Å². The van der Waals surface area contributed by atoms with Gasteiger partial charge >= 0.3 is 6.18 Å². The van der Waals surface area contributed by atoms with E-state index in [0.29, 0.717) is 18.3 Å². The number of rotatable bonds is 5. The van der Waals surface area contributed by atoms with Crippen LogP contribution in [0.3, 0.4) is 0 Å². The van der Waals surface area contributed by atoms with E-state index in [1.807, 2.05) is 0 Å². The third-order valence-corrected chi connectivity index (χ3v) is 2.40. The second-order valence-electron chi connectivity index (χ2n) is 2.81. The minimum Gasteiger partial charge on any atom is -0.385 e. The molecule has 0 aliphatic rings. The Labute approximate surface area is 89.3 Å². The van der Waals surface area contributed by atoms with Crippen LogP contribution in [0.4, 0.5) is 18.3 Å². The van der Waals surface area contributed by atoms with Crippen molar-refractivity contribution in [2.45, 2.75) is 12.6 Å². The first-order valence-electron chi connectivity index (χ1n) is 4.29. The Morgan fingerprint density at radius 3 is 2.80 bits per heavy atom. The quantitative estimate of drug-likeness (QED) is 0.803. The maximum atomic E-state index is 12.1. The van der Waals surface area contributed by atoms with Gasteiger partial charge < -0.3 is 10.1 Å². The smallest absolute Gasteiger partial charge is 0.385 e. The first-order valence-corrected chi connectivity index (χ1v) is 5.17. The van der Waals surface area contributed by atoms with Crippen LogP contribution in [0.2, 0.25) is 0 Å². The van der Waals surface area contributed by atoms with E-state index in [-0.39, 0.29) is 0 Å². The Hall–Kier alpha value is -0.820. The second-order valence-corrected chi connectivity index (χ2v) is 3.67. The zero-order chi connectivity index (χ0) is 11.3. The second kappa shape index (κ2) is 5.32. The molecule has 0 saturated carbocycles. The highest BCUT2D eigenvalue weighted by atomic mass is 32.1. The summed E-state index contributed by atoms with van der Waals surface area (Å²) in [7, 11) is 1.57. The summed E-state index contributed by atoms with van der Waals surface area (Å²) in [4.78, 5) is 3.42. The van der Waals surface area contributed by atoms with Crippen molar-refractivity contribution in [2.75, 3.05) is 25.6 Å². The number of aromatic nitrogens is 1. The van der Waals surface area contributed by atoms with Gasteiger partial charge in [0, 0.05) is 25.6 Å². The maximum absolute atomic E-state index is 12.1. The average Bonchev–Trinajstić information content (AvgIpc) is 2.60. The van der Waals surface area contributed by atoms with Gasteiger partial charge in [-0.05, 0) is 6.42 Å². The number of nitrogens with one attached hydrogen (secondary N) is 1. The molecule has 0 aliphatic carbocycles. The lowest BCUT2D eigenvalue weighted by Crippen LogP contribution is -2.07. The zero-order valence-corrected chi connectivity index (χ0v) is 8.91. The zero-order valence-electron chi connectivity index (χ0n) is 8.10. The van der Waals surface area contributed by atoms with E-state index in [2.05, 4.69) is 10.3 Å². The molecule has 0 amide bonds. The van der Waals surface area contributed by atoms with Crippen LogP contribution in [0.1, 0.15) is 12.1 Å². The Kier molecular flexibility index (Phi) is 4.34. The number of alkyl halides is 3. The van der Waals surface area contributed by atoms with Crippen molar-refractivity contribution in [2.24, 2.45) is 0 Å². The van der Waals surface area contributed by atoms with Gasteiger partial charge in [0.05, 0.1) is 0 Å². The minimum atomic E-state index is -4.36. The molecule has 7 heteroatoms. The normalized spacial score (nSPS) is 11.7. The lowest BCUT2D eigenvalue weighted by molar-refractivity contribution is -0.140. The van der Waals surface area contributed by atoms with Crippen LogP contribution in [0.5, 0.6) is 0 Å². The highest BCUT2D eigenvalue weighted by molar-refractivity contribution is 7.13. The number of anilines is 1. The Morgan fingerprint density at radius 1 is 1.53 bits per heavy atom. The third kappa shape index (κ3) is 4.05. The van der Waals surface area contributed by atoms with E-state index in [1.54, 1.807) is 7.11 Å². The van der Waals surface area contributed by atoms with Crippen molar-refractivity contribution in [1.29, 1.82) is 0 Å². The molecule has 3 nitrogen and oxygen atoms in total. The molecule has 0 unspecified atom stereocenters. The summed E-state index contributed by atoms with van der Waals surface area (Å²) >= 11 is 0.951.